The van der Waals surface area contributed by atoms with Gasteiger partial charge in [0.05, 0.1) is 18.0 Å². The van der Waals surface area contributed by atoms with Crippen molar-refractivity contribution in [3.05, 3.63) is 34.3 Å². The second kappa shape index (κ2) is 3.04. The Hall–Kier alpha value is -2.02. The third kappa shape index (κ3) is 1.11. The lowest BCUT2D eigenvalue weighted by atomic mass is 10.1. The van der Waals surface area contributed by atoms with Crippen molar-refractivity contribution in [3.8, 4) is 6.07 Å². The number of nitriles is 1. The third-order valence-corrected chi connectivity index (χ3v) is 2.16. The van der Waals surface area contributed by atoms with E-state index in [0.29, 0.717) is 11.1 Å². The maximum atomic E-state index is 11.2. The molecule has 1 aromatic heterocycles. The Balaban J connectivity index is 2.85. The van der Waals surface area contributed by atoms with E-state index in [9.17, 15) is 4.79 Å². The first-order chi connectivity index (χ1) is 6.74. The number of oxazole rings is 1. The maximum Gasteiger partial charge on any atom is 0.419 e. The minimum Gasteiger partial charge on any atom is -0.408 e. The molecule has 0 aliphatic rings. The molecule has 0 fully saturated rings. The van der Waals surface area contributed by atoms with Gasteiger partial charge in [0.25, 0.3) is 0 Å². The molecule has 0 saturated heterocycles. The second-order valence-electron chi connectivity index (χ2n) is 3.03. The zero-order valence-corrected chi connectivity index (χ0v) is 7.65. The van der Waals surface area contributed by atoms with Crippen LogP contribution in [-0.4, -0.2) is 4.57 Å². The van der Waals surface area contributed by atoms with E-state index in [1.807, 2.05) is 6.07 Å². The summed E-state index contributed by atoms with van der Waals surface area (Å²) in [4.78, 5) is 11.2. The summed E-state index contributed by atoms with van der Waals surface area (Å²) in [5, 5.41) is 8.61. The van der Waals surface area contributed by atoms with Gasteiger partial charge >= 0.3 is 5.76 Å². The molecule has 1 heterocycles. The largest absolute Gasteiger partial charge is 0.419 e. The van der Waals surface area contributed by atoms with Crippen LogP contribution in [0.1, 0.15) is 5.56 Å². The first-order valence-electron chi connectivity index (χ1n) is 4.18. The highest BCUT2D eigenvalue weighted by molar-refractivity contribution is 5.77. The summed E-state index contributed by atoms with van der Waals surface area (Å²) in [6, 6.07) is 7.37. The first kappa shape index (κ1) is 8.57. The van der Waals surface area contributed by atoms with Crippen molar-refractivity contribution in [1.29, 1.82) is 5.26 Å². The van der Waals surface area contributed by atoms with Crippen molar-refractivity contribution in [2.75, 3.05) is 0 Å². The molecule has 2 aromatic rings. The number of rotatable bonds is 1. The molecule has 0 amide bonds. The van der Waals surface area contributed by atoms with Crippen LogP contribution in [0.4, 0.5) is 0 Å². The van der Waals surface area contributed by atoms with Crippen molar-refractivity contribution in [3.63, 3.8) is 0 Å². The molecule has 0 unspecified atom stereocenters. The Kier molecular flexibility index (Phi) is 1.86. The van der Waals surface area contributed by atoms with Crippen LogP contribution in [-0.2, 0) is 13.5 Å². The molecule has 0 atom stereocenters. The van der Waals surface area contributed by atoms with Gasteiger partial charge < -0.3 is 4.42 Å². The highest BCUT2D eigenvalue weighted by Crippen LogP contribution is 2.17. The van der Waals surface area contributed by atoms with E-state index in [4.69, 9.17) is 9.68 Å². The molecular weight excluding hydrogens is 180 g/mol. The van der Waals surface area contributed by atoms with E-state index >= 15 is 0 Å². The van der Waals surface area contributed by atoms with Gasteiger partial charge in [0.2, 0.25) is 0 Å². The van der Waals surface area contributed by atoms with Gasteiger partial charge in [-0.3, -0.25) is 4.57 Å². The monoisotopic (exact) mass is 188 g/mol. The summed E-state index contributed by atoms with van der Waals surface area (Å²) < 4.78 is 6.40. The first-order valence-corrected chi connectivity index (χ1v) is 4.18. The molecule has 70 valence electrons. The number of aromatic nitrogens is 1. The fraction of sp³-hybridized carbons (Fsp3) is 0.200. The lowest BCUT2D eigenvalue weighted by Gasteiger charge is -1.97. The average molecular weight is 188 g/mol. The second-order valence-corrected chi connectivity index (χ2v) is 3.03. The summed E-state index contributed by atoms with van der Waals surface area (Å²) in [6.07, 6.45) is 0.282. The van der Waals surface area contributed by atoms with E-state index in [1.165, 1.54) is 4.57 Å². The molecule has 0 saturated carbocycles. The predicted octanol–water partition coefficient (Wildman–Crippen LogP) is 1.20. The number of aryl methyl sites for hydroxylation is 1. The Morgan fingerprint density at radius 1 is 1.57 bits per heavy atom. The standard InChI is InChI=1S/C10H8N2O2/c1-12-9-7(5-6-11)3-2-4-8(9)14-10(12)13/h2-4H,5H2,1H3. The van der Waals surface area contributed by atoms with Gasteiger partial charge in [-0.1, -0.05) is 12.1 Å². The van der Waals surface area contributed by atoms with Gasteiger partial charge in [-0.2, -0.15) is 5.26 Å². The Bertz CT molecular complexity index is 572. The van der Waals surface area contributed by atoms with Crippen LogP contribution in [0.25, 0.3) is 11.1 Å². The maximum absolute atomic E-state index is 11.2. The van der Waals surface area contributed by atoms with Gasteiger partial charge in [0.15, 0.2) is 5.58 Å². The SMILES string of the molecule is Cn1c(=O)oc2cccc(CC#N)c21. The van der Waals surface area contributed by atoms with Gasteiger partial charge in [-0.05, 0) is 11.6 Å². The normalized spacial score (nSPS) is 10.3. The molecule has 0 radical (unpaired) electrons. The topological polar surface area (TPSA) is 58.9 Å². The highest BCUT2D eigenvalue weighted by atomic mass is 16.4. The summed E-state index contributed by atoms with van der Waals surface area (Å²) in [5.74, 6) is -0.398. The van der Waals surface area contributed by atoms with E-state index in [2.05, 4.69) is 6.07 Å². The number of hydrogen-bond donors (Lipinski definition) is 0. The lowest BCUT2D eigenvalue weighted by molar-refractivity contribution is 0.528. The number of hydrogen-bond acceptors (Lipinski definition) is 3. The third-order valence-electron chi connectivity index (χ3n) is 2.16. The van der Waals surface area contributed by atoms with Crippen LogP contribution in [0.15, 0.2) is 27.4 Å². The molecule has 2 rings (SSSR count). The van der Waals surface area contributed by atoms with Crippen LogP contribution in [0.5, 0.6) is 0 Å². The molecule has 0 aliphatic carbocycles. The quantitative estimate of drug-likeness (QED) is 0.675. The zero-order chi connectivity index (χ0) is 10.1. The Morgan fingerprint density at radius 2 is 2.36 bits per heavy atom. The minimum atomic E-state index is -0.398. The van der Waals surface area contributed by atoms with Crippen molar-refractivity contribution >= 4 is 11.1 Å². The predicted molar refractivity (Wildman–Crippen MR) is 50.8 cm³/mol. The summed E-state index contributed by atoms with van der Waals surface area (Å²) >= 11 is 0. The average Bonchev–Trinajstić information content (AvgIpc) is 2.45. The van der Waals surface area contributed by atoms with Crippen LogP contribution in [0, 0.1) is 11.3 Å². The van der Waals surface area contributed by atoms with E-state index in [0.717, 1.165) is 5.56 Å². The molecule has 14 heavy (non-hydrogen) atoms. The van der Waals surface area contributed by atoms with Gasteiger partial charge in [0.1, 0.15) is 0 Å². The molecular formula is C10H8N2O2. The molecule has 1 aromatic carbocycles. The number of para-hydroxylation sites is 1. The van der Waals surface area contributed by atoms with E-state index < -0.39 is 5.76 Å². The van der Waals surface area contributed by atoms with E-state index in [1.54, 1.807) is 19.2 Å². The number of fused-ring (bicyclic) bond motifs is 1. The molecule has 0 spiro atoms. The fourth-order valence-electron chi connectivity index (χ4n) is 1.51. The lowest BCUT2D eigenvalue weighted by Crippen LogP contribution is -2.09. The van der Waals surface area contributed by atoms with Gasteiger partial charge in [-0.25, -0.2) is 4.79 Å². The van der Waals surface area contributed by atoms with Crippen molar-refractivity contribution in [1.82, 2.24) is 4.57 Å². The van der Waals surface area contributed by atoms with Crippen LogP contribution in [0.2, 0.25) is 0 Å². The fourth-order valence-corrected chi connectivity index (χ4v) is 1.51. The van der Waals surface area contributed by atoms with Gasteiger partial charge in [0, 0.05) is 7.05 Å². The molecule has 4 nitrogen and oxygen atoms in total. The summed E-state index contributed by atoms with van der Waals surface area (Å²) in [6.45, 7) is 0. The van der Waals surface area contributed by atoms with Crippen LogP contribution >= 0.6 is 0 Å². The van der Waals surface area contributed by atoms with Crippen molar-refractivity contribution in [2.24, 2.45) is 7.05 Å². The van der Waals surface area contributed by atoms with Gasteiger partial charge in [-0.15, -0.1) is 0 Å². The molecule has 4 heteroatoms. The molecule has 0 aliphatic heterocycles. The zero-order valence-electron chi connectivity index (χ0n) is 7.65. The Labute approximate surface area is 80.0 Å². The summed E-state index contributed by atoms with van der Waals surface area (Å²) in [7, 11) is 1.63. The van der Waals surface area contributed by atoms with Crippen LogP contribution in [0.3, 0.4) is 0 Å². The minimum absolute atomic E-state index is 0.282. The van der Waals surface area contributed by atoms with Crippen molar-refractivity contribution in [2.45, 2.75) is 6.42 Å². The van der Waals surface area contributed by atoms with Crippen molar-refractivity contribution < 1.29 is 4.42 Å². The molecule has 0 bridgehead atoms. The van der Waals surface area contributed by atoms with Crippen LogP contribution < -0.4 is 5.76 Å². The Morgan fingerprint density at radius 3 is 3.07 bits per heavy atom. The highest BCUT2D eigenvalue weighted by Gasteiger charge is 2.09. The molecule has 0 N–H and O–H groups in total. The smallest absolute Gasteiger partial charge is 0.408 e. The number of nitrogens with zero attached hydrogens (tertiary/aromatic N) is 2. The summed E-state index contributed by atoms with van der Waals surface area (Å²) in [5.41, 5.74) is 2.06. The van der Waals surface area contributed by atoms with E-state index in [-0.39, 0.29) is 6.42 Å². The number of benzene rings is 1.